The van der Waals surface area contributed by atoms with E-state index in [2.05, 4.69) is 20.1 Å². The Morgan fingerprint density at radius 1 is 1.03 bits per heavy atom. The zero-order valence-electron chi connectivity index (χ0n) is 14.6. The molecular weight excluding hydrogens is 387 g/mol. The predicted octanol–water partition coefficient (Wildman–Crippen LogP) is 3.38. The minimum atomic E-state index is -4.46. The molecule has 4 heterocycles. The Morgan fingerprint density at radius 3 is 2.62 bits per heavy atom. The first-order valence-corrected chi connectivity index (χ1v) is 8.48. The lowest BCUT2D eigenvalue weighted by atomic mass is 10.1. The lowest BCUT2D eigenvalue weighted by molar-refractivity contribution is -0.138. The van der Waals surface area contributed by atoms with Crippen LogP contribution in [0.15, 0.2) is 53.4 Å². The standard InChI is InChI=1S/C18H12F3N7O/c19-18(20,21)11-5-2-1-4-10(11)8-27-9-23-13-15(27)25-17(22)28-16(13)24-14(26-28)12-6-3-7-29-12/h1-7,9H,8H2,(H2,22,25). The molecule has 0 unspecified atom stereocenters. The summed E-state index contributed by atoms with van der Waals surface area (Å²) in [7, 11) is 0. The number of fused-ring (bicyclic) bond motifs is 3. The molecule has 0 radical (unpaired) electrons. The van der Waals surface area contributed by atoms with Crippen LogP contribution in [0.1, 0.15) is 11.1 Å². The number of hydrogen-bond donors (Lipinski definition) is 1. The Balaban J connectivity index is 1.64. The maximum Gasteiger partial charge on any atom is 0.416 e. The largest absolute Gasteiger partial charge is 0.461 e. The van der Waals surface area contributed by atoms with Crippen molar-refractivity contribution in [3.63, 3.8) is 0 Å². The molecule has 0 saturated carbocycles. The smallest absolute Gasteiger partial charge is 0.416 e. The van der Waals surface area contributed by atoms with E-state index in [0.29, 0.717) is 28.4 Å². The van der Waals surface area contributed by atoms with Gasteiger partial charge in [-0.3, -0.25) is 0 Å². The highest BCUT2D eigenvalue weighted by molar-refractivity contribution is 5.87. The summed E-state index contributed by atoms with van der Waals surface area (Å²) in [6.07, 6.45) is -1.56. The maximum absolute atomic E-state index is 13.3. The Bertz CT molecular complexity index is 1340. The average Bonchev–Trinajstić information content (AvgIpc) is 3.40. The number of halogens is 3. The first kappa shape index (κ1) is 17.2. The first-order valence-electron chi connectivity index (χ1n) is 8.48. The highest BCUT2D eigenvalue weighted by Crippen LogP contribution is 2.32. The summed E-state index contributed by atoms with van der Waals surface area (Å²) in [6.45, 7) is -0.0754. The number of alkyl halides is 3. The zero-order valence-corrected chi connectivity index (χ0v) is 14.6. The molecule has 0 amide bonds. The van der Waals surface area contributed by atoms with Crippen molar-refractivity contribution in [1.82, 2.24) is 29.1 Å². The molecule has 4 aromatic heterocycles. The van der Waals surface area contributed by atoms with Gasteiger partial charge in [0.1, 0.15) is 0 Å². The molecule has 0 fully saturated rings. The van der Waals surface area contributed by atoms with E-state index in [4.69, 9.17) is 10.2 Å². The van der Waals surface area contributed by atoms with E-state index < -0.39 is 11.7 Å². The molecule has 0 saturated heterocycles. The molecule has 0 atom stereocenters. The van der Waals surface area contributed by atoms with Crippen LogP contribution in [0.3, 0.4) is 0 Å². The van der Waals surface area contributed by atoms with Crippen molar-refractivity contribution < 1.29 is 17.6 Å². The van der Waals surface area contributed by atoms with Crippen molar-refractivity contribution in [3.05, 3.63) is 60.1 Å². The normalized spacial score (nSPS) is 12.2. The zero-order chi connectivity index (χ0) is 20.2. The van der Waals surface area contributed by atoms with Gasteiger partial charge in [-0.25, -0.2) is 9.97 Å². The molecule has 0 aliphatic heterocycles. The van der Waals surface area contributed by atoms with E-state index >= 15 is 0 Å². The molecule has 0 bridgehead atoms. The summed E-state index contributed by atoms with van der Waals surface area (Å²) in [5.41, 5.74) is 6.41. The van der Waals surface area contributed by atoms with Gasteiger partial charge in [0.25, 0.3) is 0 Å². The molecule has 0 aliphatic rings. The minimum absolute atomic E-state index is 0.0312. The fourth-order valence-corrected chi connectivity index (χ4v) is 3.18. The fourth-order valence-electron chi connectivity index (χ4n) is 3.18. The van der Waals surface area contributed by atoms with E-state index in [-0.39, 0.29) is 18.1 Å². The Morgan fingerprint density at radius 2 is 1.86 bits per heavy atom. The van der Waals surface area contributed by atoms with Gasteiger partial charge in [0.15, 0.2) is 22.6 Å². The molecule has 146 valence electrons. The fraction of sp³-hybridized carbons (Fsp3) is 0.111. The van der Waals surface area contributed by atoms with Crippen LogP contribution in [-0.2, 0) is 12.7 Å². The van der Waals surface area contributed by atoms with Crippen molar-refractivity contribution in [2.45, 2.75) is 12.7 Å². The van der Waals surface area contributed by atoms with Gasteiger partial charge in [0.05, 0.1) is 24.7 Å². The summed E-state index contributed by atoms with van der Waals surface area (Å²) in [4.78, 5) is 13.0. The highest BCUT2D eigenvalue weighted by Gasteiger charge is 2.33. The quantitative estimate of drug-likeness (QED) is 0.499. The van der Waals surface area contributed by atoms with E-state index in [1.54, 1.807) is 18.2 Å². The SMILES string of the molecule is Nc1nc2c(ncn2Cc2ccccc2C(F)(F)F)c2nc(-c3ccco3)nn12. The van der Waals surface area contributed by atoms with Gasteiger partial charge in [-0.05, 0) is 23.8 Å². The van der Waals surface area contributed by atoms with Gasteiger partial charge in [-0.1, -0.05) is 18.2 Å². The molecule has 29 heavy (non-hydrogen) atoms. The number of aromatic nitrogens is 6. The summed E-state index contributed by atoms with van der Waals surface area (Å²) in [5.74, 6) is 0.774. The molecule has 5 aromatic rings. The van der Waals surface area contributed by atoms with Crippen molar-refractivity contribution in [2.75, 3.05) is 5.73 Å². The summed E-state index contributed by atoms with van der Waals surface area (Å²) in [5, 5.41) is 4.27. The average molecular weight is 399 g/mol. The molecule has 2 N–H and O–H groups in total. The van der Waals surface area contributed by atoms with Crippen LogP contribution in [-0.4, -0.2) is 29.1 Å². The van der Waals surface area contributed by atoms with E-state index in [9.17, 15) is 13.2 Å². The van der Waals surface area contributed by atoms with Gasteiger partial charge in [-0.15, -0.1) is 5.10 Å². The van der Waals surface area contributed by atoms with Crippen LogP contribution in [0, 0.1) is 0 Å². The number of nitrogens with zero attached hydrogens (tertiary/aromatic N) is 6. The first-order chi connectivity index (χ1) is 13.9. The number of anilines is 1. The second kappa shape index (κ2) is 6.06. The number of nitrogen functional groups attached to an aromatic ring is 1. The second-order valence-corrected chi connectivity index (χ2v) is 6.32. The minimum Gasteiger partial charge on any atom is -0.461 e. The number of imidazole rings is 1. The van der Waals surface area contributed by atoms with Gasteiger partial charge >= 0.3 is 6.18 Å². The van der Waals surface area contributed by atoms with Gasteiger partial charge in [-0.2, -0.15) is 22.7 Å². The van der Waals surface area contributed by atoms with Crippen molar-refractivity contribution in [2.24, 2.45) is 0 Å². The van der Waals surface area contributed by atoms with Crippen LogP contribution < -0.4 is 5.73 Å². The Hall–Kier alpha value is -3.89. The van der Waals surface area contributed by atoms with Gasteiger partial charge in [0, 0.05) is 0 Å². The van der Waals surface area contributed by atoms with Crippen LogP contribution in [0.5, 0.6) is 0 Å². The van der Waals surface area contributed by atoms with Crippen LogP contribution in [0.4, 0.5) is 19.1 Å². The number of nitrogens with two attached hydrogens (primary N) is 1. The number of rotatable bonds is 3. The molecule has 0 spiro atoms. The van der Waals surface area contributed by atoms with E-state index in [1.807, 2.05) is 0 Å². The summed E-state index contributed by atoms with van der Waals surface area (Å²) < 4.78 is 48.0. The third-order valence-corrected chi connectivity index (χ3v) is 4.47. The molecule has 8 nitrogen and oxygen atoms in total. The topological polar surface area (TPSA) is 100 Å². The molecule has 1 aromatic carbocycles. The lowest BCUT2D eigenvalue weighted by Crippen LogP contribution is -2.12. The van der Waals surface area contributed by atoms with Gasteiger partial charge < -0.3 is 14.7 Å². The number of benzene rings is 1. The van der Waals surface area contributed by atoms with Crippen LogP contribution in [0.2, 0.25) is 0 Å². The van der Waals surface area contributed by atoms with Crippen LogP contribution >= 0.6 is 0 Å². The monoisotopic (exact) mass is 399 g/mol. The van der Waals surface area contributed by atoms with Crippen molar-refractivity contribution in [3.8, 4) is 11.6 Å². The van der Waals surface area contributed by atoms with E-state index in [0.717, 1.165) is 6.07 Å². The summed E-state index contributed by atoms with van der Waals surface area (Å²) >= 11 is 0. The van der Waals surface area contributed by atoms with Crippen molar-refractivity contribution >= 4 is 22.8 Å². The molecule has 11 heteroatoms. The highest BCUT2D eigenvalue weighted by atomic mass is 19.4. The maximum atomic E-state index is 13.3. The van der Waals surface area contributed by atoms with E-state index in [1.165, 1.54) is 33.8 Å². The number of furan rings is 1. The summed E-state index contributed by atoms with van der Waals surface area (Å²) in [6, 6.07) is 8.76. The Labute approximate surface area is 160 Å². The third kappa shape index (κ3) is 2.78. The van der Waals surface area contributed by atoms with Crippen molar-refractivity contribution in [1.29, 1.82) is 0 Å². The predicted molar refractivity (Wildman–Crippen MR) is 96.7 cm³/mol. The molecule has 5 rings (SSSR count). The third-order valence-electron chi connectivity index (χ3n) is 4.47. The lowest BCUT2D eigenvalue weighted by Gasteiger charge is -2.13. The van der Waals surface area contributed by atoms with Crippen LogP contribution in [0.25, 0.3) is 28.4 Å². The molecular formula is C18H12F3N7O. The number of hydrogen-bond acceptors (Lipinski definition) is 6. The molecule has 0 aliphatic carbocycles. The Kier molecular flexibility index (Phi) is 3.60. The van der Waals surface area contributed by atoms with Gasteiger partial charge in [0.2, 0.25) is 11.8 Å². The second-order valence-electron chi connectivity index (χ2n) is 6.32.